The van der Waals surface area contributed by atoms with Gasteiger partial charge in [-0.1, -0.05) is 12.2 Å². The third kappa shape index (κ3) is 4.20. The minimum absolute atomic E-state index is 0.549. The van der Waals surface area contributed by atoms with Crippen LogP contribution in [0.25, 0.3) is 16.3 Å². The van der Waals surface area contributed by atoms with Crippen molar-refractivity contribution in [3.63, 3.8) is 0 Å². The highest BCUT2D eigenvalue weighted by Crippen LogP contribution is 2.34. The van der Waals surface area contributed by atoms with Crippen LogP contribution in [0.4, 0.5) is 5.82 Å². The van der Waals surface area contributed by atoms with Crippen molar-refractivity contribution >= 4 is 49.4 Å². The fraction of sp³-hybridized carbons (Fsp3) is 0.350. The summed E-state index contributed by atoms with van der Waals surface area (Å²) in [5.74, 6) is 1.07. The molecule has 0 aliphatic carbocycles. The summed E-state index contributed by atoms with van der Waals surface area (Å²) in [6, 6.07) is 2.59. The molecule has 0 unspecified atom stereocenters. The van der Waals surface area contributed by atoms with Gasteiger partial charge in [-0.3, -0.25) is 4.98 Å². The summed E-state index contributed by atoms with van der Waals surface area (Å²) in [6.45, 7) is 5.03. The van der Waals surface area contributed by atoms with Crippen LogP contribution in [0.5, 0.6) is 0 Å². The van der Waals surface area contributed by atoms with E-state index in [0.29, 0.717) is 6.04 Å². The smallest absolute Gasteiger partial charge is 0.150 e. The van der Waals surface area contributed by atoms with Crippen LogP contribution in [-0.4, -0.2) is 40.6 Å². The van der Waals surface area contributed by atoms with Crippen molar-refractivity contribution in [2.75, 3.05) is 24.5 Å². The summed E-state index contributed by atoms with van der Waals surface area (Å²) in [7, 11) is 0. The van der Waals surface area contributed by atoms with E-state index in [1.165, 1.54) is 15.8 Å². The number of hydrogen-bond donors (Lipinski definition) is 1. The zero-order chi connectivity index (χ0) is 18.6. The van der Waals surface area contributed by atoms with Crippen LogP contribution in [0, 0.1) is 6.92 Å². The Kier molecular flexibility index (Phi) is 5.80. The van der Waals surface area contributed by atoms with Crippen LogP contribution >= 0.6 is 27.3 Å². The molecular weight excluding hydrogens is 422 g/mol. The quantitative estimate of drug-likeness (QED) is 0.631. The van der Waals surface area contributed by atoms with Gasteiger partial charge >= 0.3 is 0 Å². The van der Waals surface area contributed by atoms with Crippen LogP contribution in [0.15, 0.2) is 40.7 Å². The van der Waals surface area contributed by atoms with Crippen molar-refractivity contribution < 1.29 is 0 Å². The van der Waals surface area contributed by atoms with Crippen molar-refractivity contribution in [1.82, 2.24) is 20.3 Å². The summed E-state index contributed by atoms with van der Waals surface area (Å²) < 4.78 is 2.23. The lowest BCUT2D eigenvalue weighted by Crippen LogP contribution is -2.42. The molecule has 7 heteroatoms. The maximum absolute atomic E-state index is 4.55. The summed E-state index contributed by atoms with van der Waals surface area (Å²) in [5.41, 5.74) is 3.45. The van der Waals surface area contributed by atoms with Crippen molar-refractivity contribution in [1.29, 1.82) is 0 Å². The third-order valence-electron chi connectivity index (χ3n) is 4.99. The molecule has 0 amide bonds. The van der Waals surface area contributed by atoms with Crippen LogP contribution < -0.4 is 10.2 Å². The first-order valence-electron chi connectivity index (χ1n) is 9.15. The minimum atomic E-state index is 0.549. The van der Waals surface area contributed by atoms with Gasteiger partial charge < -0.3 is 10.2 Å². The van der Waals surface area contributed by atoms with E-state index < -0.39 is 0 Å². The first-order chi connectivity index (χ1) is 13.2. The molecule has 0 aromatic carbocycles. The lowest BCUT2D eigenvalue weighted by molar-refractivity contribution is 0.429. The standard InChI is InChI=1S/C20H22BrN5S/c1-14-4-8-22-11-15(14)3-2-7-23-16-5-9-26(10-6-16)20-19-18(24-13-25-20)17(21)12-27-19/h2-4,8,11-13,16,23H,5-7,9-10H2,1H3. The number of anilines is 1. The van der Waals surface area contributed by atoms with Gasteiger partial charge in [0, 0.05) is 43.4 Å². The van der Waals surface area contributed by atoms with Gasteiger partial charge in [0.15, 0.2) is 0 Å². The molecule has 1 aliphatic rings. The minimum Gasteiger partial charge on any atom is -0.355 e. The van der Waals surface area contributed by atoms with Gasteiger partial charge in [0.2, 0.25) is 0 Å². The summed E-state index contributed by atoms with van der Waals surface area (Å²) in [6.07, 6.45) is 12.0. The second-order valence-corrected chi connectivity index (χ2v) is 8.50. The molecule has 0 atom stereocenters. The zero-order valence-electron chi connectivity index (χ0n) is 15.2. The Labute approximate surface area is 171 Å². The second kappa shape index (κ2) is 8.46. The largest absolute Gasteiger partial charge is 0.355 e. The number of nitrogens with zero attached hydrogens (tertiary/aromatic N) is 4. The Morgan fingerprint density at radius 1 is 1.33 bits per heavy atom. The number of fused-ring (bicyclic) bond motifs is 1. The normalized spacial score (nSPS) is 15.9. The Morgan fingerprint density at radius 3 is 3.00 bits per heavy atom. The van der Waals surface area contributed by atoms with Crippen LogP contribution in [-0.2, 0) is 0 Å². The number of hydrogen-bond acceptors (Lipinski definition) is 6. The van der Waals surface area contributed by atoms with E-state index in [9.17, 15) is 0 Å². The lowest BCUT2D eigenvalue weighted by atomic mass is 10.0. The Morgan fingerprint density at radius 2 is 2.19 bits per heavy atom. The average molecular weight is 444 g/mol. The predicted octanol–water partition coefficient (Wildman–Crippen LogP) is 4.43. The number of aromatic nitrogens is 3. The van der Waals surface area contributed by atoms with Gasteiger partial charge in [-0.15, -0.1) is 11.3 Å². The topological polar surface area (TPSA) is 53.9 Å². The highest BCUT2D eigenvalue weighted by Gasteiger charge is 2.22. The van der Waals surface area contributed by atoms with E-state index in [0.717, 1.165) is 48.3 Å². The molecule has 4 rings (SSSR count). The molecule has 0 bridgehead atoms. The second-order valence-electron chi connectivity index (χ2n) is 6.76. The zero-order valence-corrected chi connectivity index (χ0v) is 17.6. The van der Waals surface area contributed by atoms with Crippen molar-refractivity contribution in [2.45, 2.75) is 25.8 Å². The maximum Gasteiger partial charge on any atom is 0.150 e. The van der Waals surface area contributed by atoms with Crippen molar-refractivity contribution in [2.24, 2.45) is 0 Å². The van der Waals surface area contributed by atoms with Gasteiger partial charge in [0.05, 0.1) is 9.17 Å². The summed E-state index contributed by atoms with van der Waals surface area (Å²) >= 11 is 5.28. The van der Waals surface area contributed by atoms with E-state index >= 15 is 0 Å². The molecular formula is C20H22BrN5S. The van der Waals surface area contributed by atoms with Crippen molar-refractivity contribution in [3.05, 3.63) is 51.8 Å². The van der Waals surface area contributed by atoms with Crippen LogP contribution in [0.1, 0.15) is 24.0 Å². The Bertz CT molecular complexity index is 946. The van der Waals surface area contributed by atoms with Gasteiger partial charge in [-0.05, 0) is 52.9 Å². The molecule has 5 nitrogen and oxygen atoms in total. The molecule has 0 saturated carbocycles. The molecule has 3 aromatic heterocycles. The molecule has 140 valence electrons. The highest BCUT2D eigenvalue weighted by atomic mass is 79.9. The molecule has 0 spiro atoms. The lowest BCUT2D eigenvalue weighted by Gasteiger charge is -2.33. The number of aryl methyl sites for hydroxylation is 1. The van der Waals surface area contributed by atoms with E-state index in [1.807, 2.05) is 18.5 Å². The van der Waals surface area contributed by atoms with Gasteiger partial charge in [0.25, 0.3) is 0 Å². The molecule has 1 N–H and O–H groups in total. The number of pyridine rings is 1. The highest BCUT2D eigenvalue weighted by molar-refractivity contribution is 9.10. The van der Waals surface area contributed by atoms with E-state index in [-0.39, 0.29) is 0 Å². The predicted molar refractivity (Wildman–Crippen MR) is 116 cm³/mol. The Balaban J connectivity index is 1.31. The number of rotatable bonds is 5. The molecule has 1 saturated heterocycles. The summed E-state index contributed by atoms with van der Waals surface area (Å²) in [5, 5.41) is 5.74. The molecule has 1 aliphatic heterocycles. The fourth-order valence-electron chi connectivity index (χ4n) is 3.40. The first kappa shape index (κ1) is 18.5. The van der Waals surface area contributed by atoms with Crippen LogP contribution in [0.2, 0.25) is 0 Å². The van der Waals surface area contributed by atoms with Gasteiger partial charge in [-0.25, -0.2) is 9.97 Å². The van der Waals surface area contributed by atoms with Crippen molar-refractivity contribution in [3.8, 4) is 0 Å². The van der Waals surface area contributed by atoms with E-state index in [4.69, 9.17) is 0 Å². The van der Waals surface area contributed by atoms with Crippen LogP contribution in [0.3, 0.4) is 0 Å². The fourth-order valence-corrected chi connectivity index (χ4v) is 5.01. The monoisotopic (exact) mass is 443 g/mol. The SMILES string of the molecule is Cc1ccncc1C=CCNC1CCN(c2ncnc3c(Br)csc23)CC1. The number of piperidine rings is 1. The first-order valence-corrected chi connectivity index (χ1v) is 10.8. The maximum atomic E-state index is 4.55. The molecule has 3 aromatic rings. The Hall–Kier alpha value is -1.83. The summed E-state index contributed by atoms with van der Waals surface area (Å²) in [4.78, 5) is 15.5. The van der Waals surface area contributed by atoms with Gasteiger partial charge in [-0.2, -0.15) is 0 Å². The number of thiophene rings is 1. The number of nitrogens with one attached hydrogen (secondary N) is 1. The average Bonchev–Trinajstić information content (AvgIpc) is 3.08. The molecule has 0 radical (unpaired) electrons. The molecule has 4 heterocycles. The van der Waals surface area contributed by atoms with E-state index in [1.54, 1.807) is 17.7 Å². The molecule has 27 heavy (non-hydrogen) atoms. The van der Waals surface area contributed by atoms with Gasteiger partial charge in [0.1, 0.15) is 17.7 Å². The number of halogens is 1. The molecule has 1 fully saturated rings. The van der Waals surface area contributed by atoms with E-state index in [2.05, 4.69) is 65.6 Å². The third-order valence-corrected chi connectivity index (χ3v) is 6.86.